The van der Waals surface area contributed by atoms with Crippen molar-refractivity contribution < 1.29 is 23.9 Å². The van der Waals surface area contributed by atoms with Gasteiger partial charge in [-0.05, 0) is 36.8 Å². The Balaban J connectivity index is 1.87. The SMILES string of the molecule is Cc1ccccc1N1C(=O)c2ccc(C(=O)OCC(=O)N(C)C)cc2C1=O. The summed E-state index contributed by atoms with van der Waals surface area (Å²) in [5.41, 5.74) is 1.76. The molecule has 0 bridgehead atoms. The second kappa shape index (κ2) is 7.03. The van der Waals surface area contributed by atoms with Crippen LogP contribution in [-0.4, -0.2) is 49.3 Å². The van der Waals surface area contributed by atoms with Crippen LogP contribution >= 0.6 is 0 Å². The number of hydrogen-bond acceptors (Lipinski definition) is 5. The van der Waals surface area contributed by atoms with Gasteiger partial charge < -0.3 is 9.64 Å². The molecule has 0 saturated heterocycles. The molecule has 2 aromatic rings. The van der Waals surface area contributed by atoms with E-state index in [0.717, 1.165) is 10.5 Å². The van der Waals surface area contributed by atoms with E-state index < -0.39 is 24.4 Å². The number of fused-ring (bicyclic) bond motifs is 1. The molecule has 138 valence electrons. The Hall–Kier alpha value is -3.48. The molecular formula is C20H18N2O5. The second-order valence-corrected chi connectivity index (χ2v) is 6.36. The zero-order valence-electron chi connectivity index (χ0n) is 15.2. The van der Waals surface area contributed by atoms with Crippen LogP contribution in [0.15, 0.2) is 42.5 Å². The number of carbonyl (C=O) groups excluding carboxylic acids is 4. The number of amides is 3. The molecule has 27 heavy (non-hydrogen) atoms. The highest BCUT2D eigenvalue weighted by Crippen LogP contribution is 2.31. The summed E-state index contributed by atoms with van der Waals surface area (Å²) >= 11 is 0. The summed E-state index contributed by atoms with van der Waals surface area (Å²) < 4.78 is 4.96. The van der Waals surface area contributed by atoms with Gasteiger partial charge in [0.2, 0.25) is 0 Å². The van der Waals surface area contributed by atoms with E-state index in [4.69, 9.17) is 4.74 Å². The van der Waals surface area contributed by atoms with E-state index in [1.54, 1.807) is 26.2 Å². The minimum atomic E-state index is -0.734. The lowest BCUT2D eigenvalue weighted by Crippen LogP contribution is -2.30. The first-order valence-electron chi connectivity index (χ1n) is 8.27. The van der Waals surface area contributed by atoms with Crippen molar-refractivity contribution in [3.8, 4) is 0 Å². The molecule has 0 aromatic heterocycles. The first kappa shape index (κ1) is 18.3. The molecule has 0 saturated carbocycles. The second-order valence-electron chi connectivity index (χ2n) is 6.36. The van der Waals surface area contributed by atoms with Gasteiger partial charge in [0.05, 0.1) is 22.4 Å². The fourth-order valence-corrected chi connectivity index (χ4v) is 2.74. The molecule has 1 aliphatic heterocycles. The molecule has 0 radical (unpaired) electrons. The van der Waals surface area contributed by atoms with Gasteiger partial charge in [0, 0.05) is 14.1 Å². The van der Waals surface area contributed by atoms with Gasteiger partial charge in [-0.1, -0.05) is 18.2 Å². The normalized spacial score (nSPS) is 12.8. The van der Waals surface area contributed by atoms with E-state index in [0.29, 0.717) is 5.69 Å². The lowest BCUT2D eigenvalue weighted by atomic mass is 10.1. The number of anilines is 1. The summed E-state index contributed by atoms with van der Waals surface area (Å²) in [5.74, 6) is -2.03. The Morgan fingerprint density at radius 1 is 1.00 bits per heavy atom. The number of aryl methyl sites for hydroxylation is 1. The van der Waals surface area contributed by atoms with E-state index in [9.17, 15) is 19.2 Å². The summed E-state index contributed by atoms with van der Waals surface area (Å²) in [5, 5.41) is 0. The topological polar surface area (TPSA) is 84.0 Å². The number of likely N-dealkylation sites (N-methyl/N-ethyl adjacent to an activating group) is 1. The largest absolute Gasteiger partial charge is 0.452 e. The maximum atomic E-state index is 12.8. The summed E-state index contributed by atoms with van der Waals surface area (Å²) in [4.78, 5) is 51.6. The molecule has 1 heterocycles. The fraction of sp³-hybridized carbons (Fsp3) is 0.200. The van der Waals surface area contributed by atoms with Crippen molar-refractivity contribution >= 4 is 29.4 Å². The number of nitrogens with zero attached hydrogens (tertiary/aromatic N) is 2. The monoisotopic (exact) mass is 366 g/mol. The van der Waals surface area contributed by atoms with Gasteiger partial charge in [0.15, 0.2) is 6.61 Å². The first-order valence-corrected chi connectivity index (χ1v) is 8.27. The van der Waals surface area contributed by atoms with Crippen molar-refractivity contribution in [3.63, 3.8) is 0 Å². The predicted molar refractivity (Wildman–Crippen MR) is 97.7 cm³/mol. The highest BCUT2D eigenvalue weighted by molar-refractivity contribution is 6.34. The van der Waals surface area contributed by atoms with Crippen molar-refractivity contribution in [1.29, 1.82) is 0 Å². The zero-order valence-corrected chi connectivity index (χ0v) is 15.2. The lowest BCUT2D eigenvalue weighted by molar-refractivity contribution is -0.131. The maximum absolute atomic E-state index is 12.8. The summed E-state index contributed by atoms with van der Waals surface area (Å²) in [6, 6.07) is 11.2. The van der Waals surface area contributed by atoms with Crippen LogP contribution in [0.3, 0.4) is 0 Å². The van der Waals surface area contributed by atoms with Crippen molar-refractivity contribution in [1.82, 2.24) is 4.90 Å². The standard InChI is InChI=1S/C20H18N2O5/c1-12-6-4-5-7-16(12)22-18(24)14-9-8-13(10-15(14)19(22)25)20(26)27-11-17(23)21(2)3/h4-10H,11H2,1-3H3. The molecule has 3 rings (SSSR count). The molecule has 0 aliphatic carbocycles. The van der Waals surface area contributed by atoms with Crippen LogP contribution in [-0.2, 0) is 9.53 Å². The molecule has 0 fully saturated rings. The molecule has 3 amide bonds. The smallest absolute Gasteiger partial charge is 0.338 e. The number of benzene rings is 2. The number of carbonyl (C=O) groups is 4. The number of esters is 1. The number of rotatable bonds is 4. The van der Waals surface area contributed by atoms with E-state index in [1.807, 2.05) is 19.1 Å². The molecule has 7 nitrogen and oxygen atoms in total. The molecule has 0 N–H and O–H groups in total. The molecule has 7 heteroatoms. The van der Waals surface area contributed by atoms with Gasteiger partial charge in [0.1, 0.15) is 0 Å². The van der Waals surface area contributed by atoms with Gasteiger partial charge in [-0.15, -0.1) is 0 Å². The number of imide groups is 1. The Morgan fingerprint density at radius 3 is 2.33 bits per heavy atom. The quantitative estimate of drug-likeness (QED) is 0.611. The van der Waals surface area contributed by atoms with Crippen molar-refractivity contribution in [2.24, 2.45) is 0 Å². The Kier molecular flexibility index (Phi) is 4.77. The van der Waals surface area contributed by atoms with Crippen LogP contribution < -0.4 is 4.90 Å². The van der Waals surface area contributed by atoms with Gasteiger partial charge in [-0.2, -0.15) is 0 Å². The van der Waals surface area contributed by atoms with Crippen molar-refractivity contribution in [3.05, 3.63) is 64.7 Å². The van der Waals surface area contributed by atoms with Crippen LogP contribution in [0.2, 0.25) is 0 Å². The van der Waals surface area contributed by atoms with Gasteiger partial charge in [-0.25, -0.2) is 9.69 Å². The summed E-state index contributed by atoms with van der Waals surface area (Å²) in [6.45, 7) is 1.41. The Morgan fingerprint density at radius 2 is 1.67 bits per heavy atom. The highest BCUT2D eigenvalue weighted by Gasteiger charge is 2.37. The third-order valence-corrected chi connectivity index (χ3v) is 4.30. The lowest BCUT2D eigenvalue weighted by Gasteiger charge is -2.16. The van der Waals surface area contributed by atoms with Crippen LogP contribution in [0.4, 0.5) is 5.69 Å². The van der Waals surface area contributed by atoms with Gasteiger partial charge in [-0.3, -0.25) is 14.4 Å². The summed E-state index contributed by atoms with van der Waals surface area (Å²) in [6.07, 6.45) is 0. The highest BCUT2D eigenvalue weighted by atomic mass is 16.5. The first-order chi connectivity index (χ1) is 12.8. The van der Waals surface area contributed by atoms with Crippen LogP contribution in [0.25, 0.3) is 0 Å². The third-order valence-electron chi connectivity index (χ3n) is 4.30. The predicted octanol–water partition coefficient (Wildman–Crippen LogP) is 2.04. The fourth-order valence-electron chi connectivity index (χ4n) is 2.74. The third kappa shape index (κ3) is 3.31. The minimum absolute atomic E-state index is 0.105. The average molecular weight is 366 g/mol. The van der Waals surface area contributed by atoms with E-state index >= 15 is 0 Å². The van der Waals surface area contributed by atoms with Crippen LogP contribution in [0, 0.1) is 6.92 Å². The van der Waals surface area contributed by atoms with Gasteiger partial charge in [0.25, 0.3) is 17.7 Å². The summed E-state index contributed by atoms with van der Waals surface area (Å²) in [7, 11) is 3.10. The average Bonchev–Trinajstić information content (AvgIpc) is 2.90. The van der Waals surface area contributed by atoms with E-state index in [2.05, 4.69) is 0 Å². The van der Waals surface area contributed by atoms with Crippen LogP contribution in [0.1, 0.15) is 36.6 Å². The molecule has 0 spiro atoms. The minimum Gasteiger partial charge on any atom is -0.452 e. The van der Waals surface area contributed by atoms with E-state index in [-0.39, 0.29) is 22.6 Å². The number of para-hydroxylation sites is 1. The Labute approximate surface area is 156 Å². The number of hydrogen-bond donors (Lipinski definition) is 0. The van der Waals surface area contributed by atoms with Crippen molar-refractivity contribution in [2.45, 2.75) is 6.92 Å². The Bertz CT molecular complexity index is 965. The number of ether oxygens (including phenoxy) is 1. The van der Waals surface area contributed by atoms with E-state index in [1.165, 1.54) is 23.1 Å². The molecule has 2 aromatic carbocycles. The molecule has 1 aliphatic rings. The molecular weight excluding hydrogens is 348 g/mol. The molecule has 0 unspecified atom stereocenters. The molecule has 0 atom stereocenters. The van der Waals surface area contributed by atoms with Gasteiger partial charge >= 0.3 is 5.97 Å². The van der Waals surface area contributed by atoms with Crippen LogP contribution in [0.5, 0.6) is 0 Å². The zero-order chi connectivity index (χ0) is 19.7. The maximum Gasteiger partial charge on any atom is 0.338 e. The van der Waals surface area contributed by atoms with Crippen molar-refractivity contribution in [2.75, 3.05) is 25.6 Å².